The predicted molar refractivity (Wildman–Crippen MR) is 141 cm³/mol. The zero-order valence-corrected chi connectivity index (χ0v) is 19.8. The minimum atomic E-state index is -0.252. The van der Waals surface area contributed by atoms with E-state index in [4.69, 9.17) is 0 Å². The largest absolute Gasteiger partial charge is 0.310 e. The van der Waals surface area contributed by atoms with E-state index >= 15 is 0 Å². The van der Waals surface area contributed by atoms with Gasteiger partial charge in [0.2, 0.25) is 6.71 Å². The molecule has 0 N–H and O–H groups in total. The second-order valence-corrected chi connectivity index (χ2v) is 11.3. The molecule has 34 heavy (non-hydrogen) atoms. The molecule has 8 rings (SSSR count). The van der Waals surface area contributed by atoms with Crippen molar-refractivity contribution in [3.05, 3.63) is 94.5 Å². The SMILES string of the molecule is CC1(C)c2cccc3c2B2c4c1ccc(C#N)c4C(C)(C)c1ccc4c5ccccc5n-3c4c12. The summed E-state index contributed by atoms with van der Waals surface area (Å²) in [4.78, 5) is 0. The molecule has 0 spiro atoms. The third-order valence-electron chi connectivity index (χ3n) is 9.08. The molecule has 3 aliphatic heterocycles. The Balaban J connectivity index is 1.72. The number of fused-ring (bicyclic) bond motifs is 4. The van der Waals surface area contributed by atoms with Gasteiger partial charge in [0.15, 0.2) is 0 Å². The molecule has 5 aromatic rings. The topological polar surface area (TPSA) is 28.7 Å². The average molecular weight is 434 g/mol. The van der Waals surface area contributed by atoms with Gasteiger partial charge in [0.05, 0.1) is 17.1 Å². The van der Waals surface area contributed by atoms with Gasteiger partial charge >= 0.3 is 0 Å². The minimum Gasteiger partial charge on any atom is -0.310 e. The van der Waals surface area contributed by atoms with Crippen LogP contribution in [0.1, 0.15) is 55.5 Å². The molecule has 3 aliphatic rings. The Morgan fingerprint density at radius 3 is 2.26 bits per heavy atom. The van der Waals surface area contributed by atoms with Crippen LogP contribution in [0.5, 0.6) is 0 Å². The smallest absolute Gasteiger partial charge is 0.248 e. The van der Waals surface area contributed by atoms with E-state index in [1.807, 2.05) is 0 Å². The number of hydrogen-bond donors (Lipinski definition) is 0. The Hall–Kier alpha value is -3.77. The van der Waals surface area contributed by atoms with E-state index < -0.39 is 0 Å². The number of nitrogens with zero attached hydrogens (tertiary/aromatic N) is 2. The lowest BCUT2D eigenvalue weighted by atomic mass is 9.26. The normalized spacial score (nSPS) is 17.2. The number of nitriles is 1. The Labute approximate surface area is 199 Å². The Morgan fingerprint density at radius 2 is 1.44 bits per heavy atom. The second kappa shape index (κ2) is 5.48. The molecule has 4 aromatic carbocycles. The van der Waals surface area contributed by atoms with Crippen molar-refractivity contribution in [3.8, 4) is 11.8 Å². The summed E-state index contributed by atoms with van der Waals surface area (Å²) >= 11 is 0. The van der Waals surface area contributed by atoms with Gasteiger partial charge in [0, 0.05) is 32.8 Å². The molecular weight excluding hydrogens is 411 g/mol. The van der Waals surface area contributed by atoms with Crippen molar-refractivity contribution in [3.63, 3.8) is 0 Å². The molecule has 3 heteroatoms. The maximum Gasteiger partial charge on any atom is 0.248 e. The maximum atomic E-state index is 10.2. The molecule has 0 bridgehead atoms. The van der Waals surface area contributed by atoms with Crippen LogP contribution < -0.4 is 16.4 Å². The lowest BCUT2D eigenvalue weighted by Gasteiger charge is -2.49. The van der Waals surface area contributed by atoms with Gasteiger partial charge in [-0.25, -0.2) is 0 Å². The van der Waals surface area contributed by atoms with Crippen molar-refractivity contribution in [1.82, 2.24) is 4.57 Å². The monoisotopic (exact) mass is 434 g/mol. The van der Waals surface area contributed by atoms with Crippen molar-refractivity contribution in [1.29, 1.82) is 5.26 Å². The van der Waals surface area contributed by atoms with Gasteiger partial charge in [-0.1, -0.05) is 81.7 Å². The number of hydrogen-bond acceptors (Lipinski definition) is 1. The van der Waals surface area contributed by atoms with Crippen LogP contribution in [0.4, 0.5) is 0 Å². The molecule has 0 atom stereocenters. The highest BCUT2D eigenvalue weighted by molar-refractivity contribution is 7.00. The maximum absolute atomic E-state index is 10.2. The van der Waals surface area contributed by atoms with Gasteiger partial charge in [0.1, 0.15) is 0 Å². The summed E-state index contributed by atoms with van der Waals surface area (Å²) in [5, 5.41) is 12.8. The third kappa shape index (κ3) is 1.76. The van der Waals surface area contributed by atoms with Crippen LogP contribution in [0.25, 0.3) is 27.5 Å². The standard InChI is InChI=1S/C31H23BN2/c1-30(2)20-9-7-11-24-26(20)32-27-21(30)14-12-17(16-33)25(27)31(3,4)22-15-13-19-18-8-5-6-10-23(18)34(24)29(19)28(22)32/h5-15H,1-4H3. The van der Waals surface area contributed by atoms with Crippen LogP contribution in [0.15, 0.2) is 66.7 Å². The van der Waals surface area contributed by atoms with Gasteiger partial charge in [-0.05, 0) is 51.4 Å². The molecule has 0 saturated heterocycles. The van der Waals surface area contributed by atoms with E-state index in [0.29, 0.717) is 0 Å². The van der Waals surface area contributed by atoms with Gasteiger partial charge < -0.3 is 4.57 Å². The first-order valence-corrected chi connectivity index (χ1v) is 12.2. The van der Waals surface area contributed by atoms with Crippen LogP contribution in [0, 0.1) is 11.3 Å². The highest BCUT2D eigenvalue weighted by Crippen LogP contribution is 2.46. The van der Waals surface area contributed by atoms with Gasteiger partial charge in [-0.3, -0.25) is 0 Å². The third-order valence-corrected chi connectivity index (χ3v) is 9.08. The number of benzene rings is 4. The average Bonchev–Trinajstić information content (AvgIpc) is 3.18. The number of para-hydroxylation sites is 1. The van der Waals surface area contributed by atoms with E-state index in [9.17, 15) is 5.26 Å². The van der Waals surface area contributed by atoms with Gasteiger partial charge in [-0.15, -0.1) is 0 Å². The zero-order chi connectivity index (χ0) is 23.1. The fraction of sp³-hybridized carbons (Fsp3) is 0.194. The fourth-order valence-corrected chi connectivity index (χ4v) is 7.71. The van der Waals surface area contributed by atoms with Crippen LogP contribution in [0.2, 0.25) is 0 Å². The summed E-state index contributed by atoms with van der Waals surface area (Å²) in [5.74, 6) is 0. The first kappa shape index (κ1) is 18.6. The van der Waals surface area contributed by atoms with E-state index in [-0.39, 0.29) is 17.5 Å². The summed E-state index contributed by atoms with van der Waals surface area (Å²) in [6.07, 6.45) is 0. The van der Waals surface area contributed by atoms with Crippen molar-refractivity contribution >= 4 is 44.9 Å². The first-order valence-electron chi connectivity index (χ1n) is 12.2. The Kier molecular flexibility index (Phi) is 3.00. The van der Waals surface area contributed by atoms with E-state index in [2.05, 4.69) is 105 Å². The second-order valence-electron chi connectivity index (χ2n) is 11.3. The molecule has 0 amide bonds. The summed E-state index contributed by atoms with van der Waals surface area (Å²) in [7, 11) is 0. The van der Waals surface area contributed by atoms with E-state index in [0.717, 1.165) is 5.56 Å². The molecular formula is C31H23BN2. The van der Waals surface area contributed by atoms with Gasteiger partial charge in [-0.2, -0.15) is 5.26 Å². The van der Waals surface area contributed by atoms with Crippen LogP contribution >= 0.6 is 0 Å². The summed E-state index contributed by atoms with van der Waals surface area (Å²) < 4.78 is 2.52. The fourth-order valence-electron chi connectivity index (χ4n) is 7.71. The molecule has 0 radical (unpaired) electrons. The highest BCUT2D eigenvalue weighted by atomic mass is 15.0. The molecule has 0 fully saturated rings. The van der Waals surface area contributed by atoms with Crippen LogP contribution in [0.3, 0.4) is 0 Å². The van der Waals surface area contributed by atoms with Crippen molar-refractivity contribution < 1.29 is 0 Å². The lowest BCUT2D eigenvalue weighted by molar-refractivity contribution is 0.620. The van der Waals surface area contributed by atoms with Crippen LogP contribution in [-0.4, -0.2) is 11.3 Å². The minimum absolute atomic E-state index is 0.137. The quantitative estimate of drug-likeness (QED) is 0.317. The Bertz CT molecular complexity index is 1830. The van der Waals surface area contributed by atoms with Crippen LogP contribution in [-0.2, 0) is 10.8 Å². The number of aromatic nitrogens is 1. The molecule has 2 nitrogen and oxygen atoms in total. The lowest BCUT2D eigenvalue weighted by Crippen LogP contribution is -2.68. The zero-order valence-electron chi connectivity index (χ0n) is 19.8. The van der Waals surface area contributed by atoms with Crippen molar-refractivity contribution in [2.75, 3.05) is 0 Å². The summed E-state index contributed by atoms with van der Waals surface area (Å²) in [6.45, 7) is 9.50. The predicted octanol–water partition coefficient (Wildman–Crippen LogP) is 4.76. The highest BCUT2D eigenvalue weighted by Gasteiger charge is 2.52. The molecule has 0 saturated carbocycles. The van der Waals surface area contributed by atoms with Gasteiger partial charge in [0.25, 0.3) is 0 Å². The van der Waals surface area contributed by atoms with E-state index in [1.165, 1.54) is 66.1 Å². The molecule has 1 aromatic heterocycles. The molecule has 0 unspecified atom stereocenters. The number of rotatable bonds is 0. The van der Waals surface area contributed by atoms with Crippen molar-refractivity contribution in [2.24, 2.45) is 0 Å². The summed E-state index contributed by atoms with van der Waals surface area (Å²) in [6, 6.07) is 27.2. The van der Waals surface area contributed by atoms with E-state index in [1.54, 1.807) is 0 Å². The summed E-state index contributed by atoms with van der Waals surface area (Å²) in [5.41, 5.74) is 14.0. The molecule has 160 valence electrons. The first-order chi connectivity index (χ1) is 16.4. The molecule has 0 aliphatic carbocycles. The van der Waals surface area contributed by atoms with Crippen molar-refractivity contribution in [2.45, 2.75) is 38.5 Å². The molecule has 4 heterocycles. The Morgan fingerprint density at radius 1 is 0.706 bits per heavy atom.